The standard InChI is InChI=1S/C10H7Br2ClN2O2S2/c11-6-2-1-5(14)3-8(6)15-19(16,17)9-4-7(13)10(12)18-9/h1-4,15H,14H2. The van der Waals surface area contributed by atoms with Crippen LogP contribution in [0.15, 0.2) is 36.7 Å². The molecule has 1 aromatic heterocycles. The van der Waals surface area contributed by atoms with Gasteiger partial charge in [0.25, 0.3) is 10.0 Å². The van der Waals surface area contributed by atoms with E-state index in [9.17, 15) is 8.42 Å². The lowest BCUT2D eigenvalue weighted by Gasteiger charge is -2.08. The predicted octanol–water partition coefficient (Wildman–Crippen LogP) is 4.31. The third-order valence-electron chi connectivity index (χ3n) is 2.12. The molecule has 19 heavy (non-hydrogen) atoms. The van der Waals surface area contributed by atoms with E-state index in [1.165, 1.54) is 12.1 Å². The lowest BCUT2D eigenvalue weighted by atomic mass is 10.3. The quantitative estimate of drug-likeness (QED) is 0.690. The van der Waals surface area contributed by atoms with Crippen molar-refractivity contribution in [3.05, 3.63) is 37.5 Å². The van der Waals surface area contributed by atoms with Crippen LogP contribution in [0.1, 0.15) is 0 Å². The summed E-state index contributed by atoms with van der Waals surface area (Å²) in [5.41, 5.74) is 6.47. The fraction of sp³-hybridized carbons (Fsp3) is 0. The number of hydrogen-bond acceptors (Lipinski definition) is 4. The minimum absolute atomic E-state index is 0.124. The highest BCUT2D eigenvalue weighted by molar-refractivity contribution is 9.11. The first-order valence-corrected chi connectivity index (χ1v) is 9.08. The third kappa shape index (κ3) is 3.43. The van der Waals surface area contributed by atoms with Gasteiger partial charge in [-0.1, -0.05) is 11.6 Å². The molecule has 2 aromatic rings. The molecule has 0 saturated carbocycles. The topological polar surface area (TPSA) is 72.2 Å². The largest absolute Gasteiger partial charge is 0.399 e. The van der Waals surface area contributed by atoms with Crippen molar-refractivity contribution in [3.8, 4) is 0 Å². The molecule has 9 heteroatoms. The van der Waals surface area contributed by atoms with Crippen LogP contribution in [0, 0.1) is 0 Å². The molecule has 0 aliphatic carbocycles. The van der Waals surface area contributed by atoms with Crippen molar-refractivity contribution < 1.29 is 8.42 Å². The molecule has 0 atom stereocenters. The van der Waals surface area contributed by atoms with Crippen molar-refractivity contribution in [1.29, 1.82) is 0 Å². The number of nitrogen functional groups attached to an aromatic ring is 1. The molecule has 1 aromatic carbocycles. The van der Waals surface area contributed by atoms with Gasteiger partial charge in [0.1, 0.15) is 4.21 Å². The number of anilines is 2. The molecule has 0 amide bonds. The van der Waals surface area contributed by atoms with Crippen molar-refractivity contribution in [3.63, 3.8) is 0 Å². The fourth-order valence-electron chi connectivity index (χ4n) is 1.28. The van der Waals surface area contributed by atoms with Gasteiger partial charge in [-0.15, -0.1) is 11.3 Å². The van der Waals surface area contributed by atoms with E-state index < -0.39 is 10.0 Å². The van der Waals surface area contributed by atoms with Crippen LogP contribution in [0.4, 0.5) is 11.4 Å². The van der Waals surface area contributed by atoms with Gasteiger partial charge in [0.2, 0.25) is 0 Å². The van der Waals surface area contributed by atoms with Gasteiger partial charge in [0, 0.05) is 10.2 Å². The molecule has 102 valence electrons. The minimum Gasteiger partial charge on any atom is -0.399 e. The monoisotopic (exact) mass is 444 g/mol. The molecule has 4 nitrogen and oxygen atoms in total. The molecule has 0 radical (unpaired) electrons. The normalized spacial score (nSPS) is 11.5. The van der Waals surface area contributed by atoms with E-state index in [0.717, 1.165) is 11.3 Å². The smallest absolute Gasteiger partial charge is 0.271 e. The second-order valence-electron chi connectivity index (χ2n) is 3.53. The Kier molecular flexibility index (Phi) is 4.46. The van der Waals surface area contributed by atoms with Crippen molar-refractivity contribution in [2.24, 2.45) is 0 Å². The number of rotatable bonds is 3. The summed E-state index contributed by atoms with van der Waals surface area (Å²) in [4.78, 5) is 0. The van der Waals surface area contributed by atoms with Crippen LogP contribution in [0.2, 0.25) is 5.02 Å². The Morgan fingerprint density at radius 2 is 1.95 bits per heavy atom. The maximum Gasteiger partial charge on any atom is 0.271 e. The van der Waals surface area contributed by atoms with E-state index in [4.69, 9.17) is 17.3 Å². The van der Waals surface area contributed by atoms with Crippen LogP contribution in [0.25, 0.3) is 0 Å². The lowest BCUT2D eigenvalue weighted by molar-refractivity contribution is 0.603. The predicted molar refractivity (Wildman–Crippen MR) is 86.4 cm³/mol. The summed E-state index contributed by atoms with van der Waals surface area (Å²) >= 11 is 13.3. The van der Waals surface area contributed by atoms with Crippen LogP contribution < -0.4 is 10.5 Å². The molecule has 0 fully saturated rings. The van der Waals surface area contributed by atoms with Gasteiger partial charge in [-0.25, -0.2) is 8.42 Å². The Labute approximate surface area is 136 Å². The Bertz CT molecular complexity index is 712. The first-order valence-electron chi connectivity index (χ1n) is 4.82. The van der Waals surface area contributed by atoms with Crippen LogP contribution in [0.5, 0.6) is 0 Å². The summed E-state index contributed by atoms with van der Waals surface area (Å²) < 4.78 is 28.1. The molecule has 1 heterocycles. The zero-order valence-corrected chi connectivity index (χ0v) is 14.7. The van der Waals surface area contributed by atoms with E-state index in [1.54, 1.807) is 12.1 Å². The minimum atomic E-state index is -3.69. The lowest BCUT2D eigenvalue weighted by Crippen LogP contribution is -2.12. The Balaban J connectivity index is 2.39. The maximum atomic E-state index is 12.2. The first-order chi connectivity index (χ1) is 8.79. The maximum absolute atomic E-state index is 12.2. The van der Waals surface area contributed by atoms with E-state index >= 15 is 0 Å². The zero-order chi connectivity index (χ0) is 14.2. The van der Waals surface area contributed by atoms with Gasteiger partial charge < -0.3 is 5.73 Å². The number of nitrogens with one attached hydrogen (secondary N) is 1. The molecule has 2 rings (SSSR count). The molecule has 0 aliphatic heterocycles. The highest BCUT2D eigenvalue weighted by Crippen LogP contribution is 2.36. The Hall–Kier alpha value is -0.280. The summed E-state index contributed by atoms with van der Waals surface area (Å²) in [6.07, 6.45) is 0. The van der Waals surface area contributed by atoms with Crippen LogP contribution in [-0.2, 0) is 10.0 Å². The van der Waals surface area contributed by atoms with Crippen LogP contribution in [-0.4, -0.2) is 8.42 Å². The molecular formula is C10H7Br2ClN2O2S2. The highest BCUT2D eigenvalue weighted by atomic mass is 79.9. The number of thiophene rings is 1. The van der Waals surface area contributed by atoms with Gasteiger partial charge in [-0.3, -0.25) is 4.72 Å². The molecule has 0 unspecified atom stereocenters. The van der Waals surface area contributed by atoms with E-state index in [1.807, 2.05) is 0 Å². The number of halogens is 3. The van der Waals surface area contributed by atoms with Gasteiger partial charge in [0.15, 0.2) is 0 Å². The van der Waals surface area contributed by atoms with Crippen molar-refractivity contribution in [2.75, 3.05) is 10.5 Å². The summed E-state index contributed by atoms with van der Waals surface area (Å²) in [5, 5.41) is 0.358. The van der Waals surface area contributed by atoms with Gasteiger partial charge in [-0.05, 0) is 56.1 Å². The van der Waals surface area contributed by atoms with Gasteiger partial charge in [0.05, 0.1) is 14.5 Å². The van der Waals surface area contributed by atoms with Crippen molar-refractivity contribution in [1.82, 2.24) is 0 Å². The summed E-state index contributed by atoms with van der Waals surface area (Å²) in [6, 6.07) is 6.26. The summed E-state index contributed by atoms with van der Waals surface area (Å²) in [7, 11) is -3.69. The second kappa shape index (κ2) is 5.61. The average molecular weight is 447 g/mol. The molecule has 0 spiro atoms. The van der Waals surface area contributed by atoms with Gasteiger partial charge >= 0.3 is 0 Å². The van der Waals surface area contributed by atoms with E-state index in [-0.39, 0.29) is 4.21 Å². The fourth-order valence-corrected chi connectivity index (χ4v) is 5.22. The third-order valence-corrected chi connectivity index (χ3v) is 7.13. The van der Waals surface area contributed by atoms with E-state index in [0.29, 0.717) is 24.7 Å². The summed E-state index contributed by atoms with van der Waals surface area (Å²) in [6.45, 7) is 0. The number of benzene rings is 1. The van der Waals surface area contributed by atoms with Crippen LogP contribution in [0.3, 0.4) is 0 Å². The first kappa shape index (κ1) is 15.1. The molecule has 0 bridgehead atoms. The highest BCUT2D eigenvalue weighted by Gasteiger charge is 2.20. The zero-order valence-electron chi connectivity index (χ0n) is 9.15. The van der Waals surface area contributed by atoms with Crippen LogP contribution >= 0.6 is 54.8 Å². The Morgan fingerprint density at radius 1 is 1.26 bits per heavy atom. The molecule has 0 saturated heterocycles. The average Bonchev–Trinajstić information content (AvgIpc) is 2.65. The number of hydrogen-bond donors (Lipinski definition) is 2. The van der Waals surface area contributed by atoms with Crippen molar-refractivity contribution in [2.45, 2.75) is 4.21 Å². The summed E-state index contributed by atoms with van der Waals surface area (Å²) in [5.74, 6) is 0. The van der Waals surface area contributed by atoms with Crippen molar-refractivity contribution >= 4 is 76.2 Å². The number of sulfonamides is 1. The molecule has 3 N–H and O–H groups in total. The SMILES string of the molecule is Nc1ccc(Br)c(NS(=O)(=O)c2cc(Cl)c(Br)s2)c1. The Morgan fingerprint density at radius 3 is 2.53 bits per heavy atom. The van der Waals surface area contributed by atoms with Gasteiger partial charge in [-0.2, -0.15) is 0 Å². The number of nitrogens with two attached hydrogens (primary N) is 1. The second-order valence-corrected chi connectivity index (χ2v) is 9.07. The molecule has 0 aliphatic rings. The molecular weight excluding hydrogens is 440 g/mol. The van der Waals surface area contributed by atoms with E-state index in [2.05, 4.69) is 36.6 Å².